The summed E-state index contributed by atoms with van der Waals surface area (Å²) in [5.41, 5.74) is 5.77. The molecule has 1 saturated carbocycles. The largest absolute Gasteiger partial charge is 0.496 e. The van der Waals surface area contributed by atoms with Crippen LogP contribution in [0.5, 0.6) is 5.75 Å². The van der Waals surface area contributed by atoms with E-state index >= 15 is 4.39 Å². The van der Waals surface area contributed by atoms with E-state index < -0.39 is 17.9 Å². The fourth-order valence-corrected chi connectivity index (χ4v) is 11.1. The van der Waals surface area contributed by atoms with E-state index in [1.54, 1.807) is 14.0 Å². The third-order valence-electron chi connectivity index (χ3n) is 13.1. The van der Waals surface area contributed by atoms with Crippen LogP contribution in [0.1, 0.15) is 109 Å². The Balaban J connectivity index is 0.000000916. The lowest BCUT2D eigenvalue weighted by molar-refractivity contribution is -0.0912. The van der Waals surface area contributed by atoms with Crippen molar-refractivity contribution in [3.8, 4) is 5.75 Å². The number of halogens is 1. The summed E-state index contributed by atoms with van der Waals surface area (Å²) < 4.78 is 21.6. The van der Waals surface area contributed by atoms with Gasteiger partial charge in [-0.15, -0.1) is 0 Å². The van der Waals surface area contributed by atoms with Crippen LogP contribution < -0.4 is 9.64 Å². The number of para-hydroxylation sites is 1. The van der Waals surface area contributed by atoms with E-state index in [2.05, 4.69) is 103 Å². The zero-order valence-corrected chi connectivity index (χ0v) is 34.0. The summed E-state index contributed by atoms with van der Waals surface area (Å²) >= 11 is 0. The Hall–Kier alpha value is -2.91. The number of fused-ring (bicyclic) bond motifs is 2. The van der Waals surface area contributed by atoms with E-state index in [0.717, 1.165) is 74.4 Å². The highest BCUT2D eigenvalue weighted by atomic mass is 19.1. The maximum absolute atomic E-state index is 15.4. The van der Waals surface area contributed by atoms with Crippen molar-refractivity contribution in [1.29, 1.82) is 0 Å². The van der Waals surface area contributed by atoms with E-state index in [9.17, 15) is 10.2 Å². The molecule has 3 N–H and O–H groups in total. The van der Waals surface area contributed by atoms with Gasteiger partial charge in [0.1, 0.15) is 17.5 Å². The molecule has 0 bridgehead atoms. The second-order valence-corrected chi connectivity index (χ2v) is 16.5. The van der Waals surface area contributed by atoms with Crippen molar-refractivity contribution in [3.05, 3.63) is 70.9 Å². The smallest absolute Gasteiger partial charge is 0.124 e. The molecule has 3 fully saturated rings. The van der Waals surface area contributed by atoms with Crippen molar-refractivity contribution >= 4 is 16.6 Å². The number of hydrogen-bond donors (Lipinski definition) is 3. The minimum Gasteiger partial charge on any atom is -0.496 e. The number of likely N-dealkylation sites (N-methyl/N-ethyl adjacent to an activating group) is 1. The Morgan fingerprint density at radius 2 is 1.79 bits per heavy atom. The van der Waals surface area contributed by atoms with Gasteiger partial charge in [0, 0.05) is 90.4 Å². The number of aromatic amines is 1. The van der Waals surface area contributed by atoms with Crippen LogP contribution in [0, 0.1) is 11.8 Å². The van der Waals surface area contributed by atoms with Gasteiger partial charge >= 0.3 is 0 Å². The number of aliphatic hydroxyl groups excluding tert-OH is 2. The van der Waals surface area contributed by atoms with Gasteiger partial charge in [-0.3, -0.25) is 9.80 Å². The maximum Gasteiger partial charge on any atom is 0.124 e. The molecular formula is C45H67FN4O3. The molecular weight excluding hydrogens is 664 g/mol. The van der Waals surface area contributed by atoms with Gasteiger partial charge in [-0.2, -0.15) is 0 Å². The summed E-state index contributed by atoms with van der Waals surface area (Å²) in [5.74, 6) is 1.20. The fraction of sp³-hybridized carbons (Fsp3) is 0.644. The molecule has 0 radical (unpaired) electrons. The standard InChI is InChI=1S/C40H53FN4O3.C3H8.C2H6/c1-6-24-21-39(3,41)23-44(22-24)17-14-27-26-11-8-9-13-31(26)42-34(27)25(7-2)29-19-30-32(20-33(29)48-5)43(4)38-36(47)35(46)28-12-10-16-45-18-15-40(30,38)37(28)45;1-3-2;1-2/h8-13,19-20,24-25,28,35-38,42,46-47H,6-7,14-18,21-23H2,1-5H3;3H2,1-2H3;1-2H3/t24?,25-,28?,35?,36?,37?,38?,39?,40?;;/m1../s1. The lowest BCUT2D eigenvalue weighted by atomic mass is 9.58. The van der Waals surface area contributed by atoms with Gasteiger partial charge in [-0.05, 0) is 68.3 Å². The van der Waals surface area contributed by atoms with Crippen LogP contribution >= 0.6 is 0 Å². The molecule has 5 heterocycles. The quantitative estimate of drug-likeness (QED) is 0.203. The molecule has 4 aliphatic heterocycles. The van der Waals surface area contributed by atoms with Crippen molar-refractivity contribution in [3.63, 3.8) is 0 Å². The molecule has 53 heavy (non-hydrogen) atoms. The molecule has 0 amide bonds. The van der Waals surface area contributed by atoms with Crippen LogP contribution in [-0.4, -0.2) is 102 Å². The first-order chi connectivity index (χ1) is 25.5. The summed E-state index contributed by atoms with van der Waals surface area (Å²) in [6.07, 6.45) is 8.26. The van der Waals surface area contributed by atoms with Gasteiger partial charge in [-0.1, -0.05) is 84.7 Å². The second kappa shape index (κ2) is 16.1. The predicted octanol–water partition coefficient (Wildman–Crippen LogP) is 8.22. The van der Waals surface area contributed by atoms with Gasteiger partial charge < -0.3 is 24.8 Å². The maximum atomic E-state index is 15.4. The van der Waals surface area contributed by atoms with Crippen LogP contribution in [0.25, 0.3) is 10.9 Å². The first-order valence-corrected chi connectivity index (χ1v) is 20.8. The molecule has 1 aliphatic carbocycles. The molecule has 1 aromatic heterocycles. The van der Waals surface area contributed by atoms with Gasteiger partial charge in [0.05, 0.1) is 19.3 Å². The molecule has 5 aliphatic rings. The summed E-state index contributed by atoms with van der Waals surface area (Å²) in [5, 5.41) is 24.4. The predicted molar refractivity (Wildman–Crippen MR) is 217 cm³/mol. The normalized spacial score (nSPS) is 32.3. The number of anilines is 1. The molecule has 1 spiro atoms. The lowest BCUT2D eigenvalue weighted by Gasteiger charge is -2.54. The lowest BCUT2D eigenvalue weighted by Crippen LogP contribution is -2.69. The molecule has 2 aromatic carbocycles. The highest BCUT2D eigenvalue weighted by Crippen LogP contribution is 2.61. The Kier molecular flexibility index (Phi) is 12.0. The SMILES string of the molecule is CC.CCC.CCC1CN(CCc2c([C@H](CC)c3cc4c(cc3OC)N(C)C3C(O)C(O)C5C=CCN6CCC43C56)[nH]c3ccccc23)CC(C)(F)C1. The molecule has 2 saturated heterocycles. The third-order valence-corrected chi connectivity index (χ3v) is 13.1. The Bertz CT molecular complexity index is 1740. The molecule has 8 heteroatoms. The number of hydrogen-bond acceptors (Lipinski definition) is 6. The van der Waals surface area contributed by atoms with Crippen LogP contribution in [0.15, 0.2) is 48.6 Å². The molecule has 7 nitrogen and oxygen atoms in total. The number of nitrogens with zero attached hydrogens (tertiary/aromatic N) is 3. The van der Waals surface area contributed by atoms with Crippen LogP contribution in [0.3, 0.4) is 0 Å². The third kappa shape index (κ3) is 6.74. The molecule has 8 unspecified atom stereocenters. The van der Waals surface area contributed by atoms with Crippen molar-refractivity contribution in [2.75, 3.05) is 51.8 Å². The van der Waals surface area contributed by atoms with E-state index in [1.807, 2.05) is 13.8 Å². The number of benzene rings is 2. The monoisotopic (exact) mass is 731 g/mol. The molecule has 3 aromatic rings. The van der Waals surface area contributed by atoms with Crippen LogP contribution in [-0.2, 0) is 11.8 Å². The second-order valence-electron chi connectivity index (χ2n) is 16.5. The number of aliphatic hydroxyl groups is 2. The number of nitrogens with one attached hydrogen (secondary N) is 1. The number of ether oxygens (including phenoxy) is 1. The number of piperidine rings is 1. The summed E-state index contributed by atoms with van der Waals surface area (Å²) in [6, 6.07) is 13.1. The number of rotatable bonds is 8. The van der Waals surface area contributed by atoms with Crippen molar-refractivity contribution in [1.82, 2.24) is 14.8 Å². The van der Waals surface area contributed by atoms with E-state index in [4.69, 9.17) is 4.74 Å². The highest BCUT2D eigenvalue weighted by molar-refractivity contribution is 5.85. The number of alkyl halides is 1. The van der Waals surface area contributed by atoms with Crippen molar-refractivity contribution in [2.24, 2.45) is 11.8 Å². The van der Waals surface area contributed by atoms with Crippen molar-refractivity contribution in [2.45, 2.75) is 128 Å². The topological polar surface area (TPSA) is 75.2 Å². The Morgan fingerprint density at radius 3 is 2.49 bits per heavy atom. The van der Waals surface area contributed by atoms with Gasteiger partial charge in [0.2, 0.25) is 0 Å². The Labute approximate surface area is 318 Å². The fourth-order valence-electron chi connectivity index (χ4n) is 11.1. The molecule has 8 rings (SSSR count). The van der Waals surface area contributed by atoms with Gasteiger partial charge in [0.15, 0.2) is 0 Å². The van der Waals surface area contributed by atoms with E-state index in [-0.39, 0.29) is 29.3 Å². The average Bonchev–Trinajstić information content (AvgIpc) is 3.80. The number of likely N-dealkylation sites (tertiary alicyclic amines) is 1. The zero-order chi connectivity index (χ0) is 38.2. The minimum absolute atomic E-state index is 0.0586. The summed E-state index contributed by atoms with van der Waals surface area (Å²) in [4.78, 5) is 11.0. The van der Waals surface area contributed by atoms with Gasteiger partial charge in [0.25, 0.3) is 0 Å². The molecule has 9 atom stereocenters. The van der Waals surface area contributed by atoms with Gasteiger partial charge in [-0.25, -0.2) is 4.39 Å². The van der Waals surface area contributed by atoms with Crippen LogP contribution in [0.2, 0.25) is 0 Å². The van der Waals surface area contributed by atoms with E-state index in [1.165, 1.54) is 28.6 Å². The van der Waals surface area contributed by atoms with Crippen molar-refractivity contribution < 1.29 is 19.3 Å². The summed E-state index contributed by atoms with van der Waals surface area (Å²) in [7, 11) is 3.84. The number of aromatic nitrogens is 1. The number of methoxy groups -OCH3 is 1. The Morgan fingerprint density at radius 1 is 1.06 bits per heavy atom. The van der Waals surface area contributed by atoms with Crippen LogP contribution in [0.4, 0.5) is 10.1 Å². The minimum atomic E-state index is -1.15. The average molecular weight is 731 g/mol. The number of H-pyrrole nitrogens is 1. The summed E-state index contributed by atoms with van der Waals surface area (Å²) in [6.45, 7) is 18.6. The zero-order valence-electron chi connectivity index (χ0n) is 34.0. The first kappa shape index (κ1) is 39.8. The molecule has 292 valence electrons. The first-order valence-electron chi connectivity index (χ1n) is 20.8. The van der Waals surface area contributed by atoms with E-state index in [0.29, 0.717) is 18.9 Å². The highest BCUT2D eigenvalue weighted by Gasteiger charge is 2.68.